The molecule has 0 unspecified atom stereocenters. The first-order chi connectivity index (χ1) is 4.80. The standard InChI is InChI=1S/C3H5NO2S4.Na/c5-3(6)4-9-7-1-2-8-10-4;/h1-2H2,(H,5,6);/q;+1/p-1. The summed E-state index contributed by atoms with van der Waals surface area (Å²) in [5.74, 6) is 1.96. The predicted octanol–water partition coefficient (Wildman–Crippen LogP) is -1.76. The Balaban J connectivity index is 0.000001000. The van der Waals surface area contributed by atoms with Crippen LogP contribution in [0.25, 0.3) is 0 Å². The monoisotopic (exact) mass is 237 g/mol. The summed E-state index contributed by atoms with van der Waals surface area (Å²) in [7, 11) is 5.51. The average Bonchev–Trinajstić information content (AvgIpc) is 2.12. The molecule has 0 atom stereocenters. The van der Waals surface area contributed by atoms with Crippen LogP contribution in [0.1, 0.15) is 0 Å². The van der Waals surface area contributed by atoms with Gasteiger partial charge in [-0.15, -0.1) is 0 Å². The van der Waals surface area contributed by atoms with Crippen molar-refractivity contribution in [3.63, 3.8) is 0 Å². The molecule has 58 valence electrons. The van der Waals surface area contributed by atoms with Crippen LogP contribution >= 0.6 is 43.5 Å². The number of carbonyl (C=O) groups is 1. The van der Waals surface area contributed by atoms with Gasteiger partial charge in [0.25, 0.3) is 0 Å². The van der Waals surface area contributed by atoms with Gasteiger partial charge in [-0.05, 0) is 0 Å². The van der Waals surface area contributed by atoms with Gasteiger partial charge in [0, 0.05) is 33.5 Å². The zero-order valence-electron chi connectivity index (χ0n) is 5.81. The molecule has 1 saturated heterocycles. The molecule has 1 rings (SSSR count). The van der Waals surface area contributed by atoms with E-state index >= 15 is 0 Å². The molecule has 0 aliphatic carbocycles. The van der Waals surface area contributed by atoms with E-state index in [1.54, 1.807) is 0 Å². The molecule has 0 radical (unpaired) electrons. The fourth-order valence-electron chi connectivity index (χ4n) is 0.312. The minimum atomic E-state index is -1.13. The molecular formula is C3H4NNaO2S4. The van der Waals surface area contributed by atoms with Gasteiger partial charge in [0.05, 0.1) is 0 Å². The van der Waals surface area contributed by atoms with Gasteiger partial charge < -0.3 is 9.90 Å². The van der Waals surface area contributed by atoms with Gasteiger partial charge >= 0.3 is 29.6 Å². The molecule has 0 N–H and O–H groups in total. The molecule has 0 aromatic rings. The Morgan fingerprint density at radius 3 is 2.09 bits per heavy atom. The second-order valence-electron chi connectivity index (χ2n) is 1.32. The molecule has 1 aliphatic rings. The van der Waals surface area contributed by atoms with Crippen LogP contribution < -0.4 is 34.7 Å². The second kappa shape index (κ2) is 7.11. The van der Waals surface area contributed by atoms with Crippen molar-refractivity contribution in [2.75, 3.05) is 11.5 Å². The maximum absolute atomic E-state index is 10.3. The summed E-state index contributed by atoms with van der Waals surface area (Å²) in [6, 6.07) is 0. The zero-order valence-corrected chi connectivity index (χ0v) is 11.1. The van der Waals surface area contributed by atoms with E-state index in [9.17, 15) is 9.90 Å². The quantitative estimate of drug-likeness (QED) is 0.283. The third-order valence-corrected chi connectivity index (χ3v) is 5.96. The maximum Gasteiger partial charge on any atom is 1.00 e. The van der Waals surface area contributed by atoms with E-state index in [0.717, 1.165) is 15.2 Å². The summed E-state index contributed by atoms with van der Waals surface area (Å²) in [6.45, 7) is 0. The average molecular weight is 237 g/mol. The summed E-state index contributed by atoms with van der Waals surface area (Å²) in [4.78, 5) is 10.3. The molecule has 3 nitrogen and oxygen atoms in total. The minimum absolute atomic E-state index is 0. The van der Waals surface area contributed by atoms with E-state index in [0.29, 0.717) is 0 Å². The van der Waals surface area contributed by atoms with Gasteiger partial charge in [0.2, 0.25) is 0 Å². The minimum Gasteiger partial charge on any atom is -0.529 e. The molecule has 0 saturated carbocycles. The molecule has 1 fully saturated rings. The van der Waals surface area contributed by atoms with Gasteiger partial charge in [0.1, 0.15) is 0 Å². The summed E-state index contributed by atoms with van der Waals surface area (Å²) < 4.78 is 1.16. The van der Waals surface area contributed by atoms with E-state index < -0.39 is 6.09 Å². The summed E-state index contributed by atoms with van der Waals surface area (Å²) in [5, 5.41) is 10.3. The van der Waals surface area contributed by atoms with Crippen molar-refractivity contribution < 1.29 is 39.5 Å². The van der Waals surface area contributed by atoms with Gasteiger partial charge in [-0.3, -0.25) is 0 Å². The van der Waals surface area contributed by atoms with E-state index in [4.69, 9.17) is 0 Å². The molecule has 0 aromatic carbocycles. The summed E-state index contributed by atoms with van der Waals surface area (Å²) in [6.07, 6.45) is -1.13. The molecule has 1 amide bonds. The number of amides is 1. The first kappa shape index (κ1) is 12.7. The van der Waals surface area contributed by atoms with Gasteiger partial charge in [-0.2, -0.15) is 0 Å². The number of hydrogen-bond donors (Lipinski definition) is 0. The smallest absolute Gasteiger partial charge is 0.529 e. The normalized spacial score (nSPS) is 18.4. The van der Waals surface area contributed by atoms with Crippen molar-refractivity contribution in [2.24, 2.45) is 0 Å². The SMILES string of the molecule is O=C([O-])N1SSCCSS1.[Na+]. The fourth-order valence-corrected chi connectivity index (χ4v) is 5.70. The molecule has 11 heavy (non-hydrogen) atoms. The third kappa shape index (κ3) is 5.07. The number of nitrogens with zero attached hydrogens (tertiary/aromatic N) is 1. The van der Waals surface area contributed by atoms with Crippen molar-refractivity contribution >= 4 is 49.6 Å². The Morgan fingerprint density at radius 1 is 1.27 bits per heavy atom. The molecule has 0 aromatic heterocycles. The molecule has 0 bridgehead atoms. The Morgan fingerprint density at radius 2 is 1.73 bits per heavy atom. The van der Waals surface area contributed by atoms with Gasteiger partial charge in [-0.25, -0.2) is 3.71 Å². The van der Waals surface area contributed by atoms with Crippen molar-refractivity contribution in [1.82, 2.24) is 3.71 Å². The van der Waals surface area contributed by atoms with Crippen LogP contribution in [0.15, 0.2) is 0 Å². The van der Waals surface area contributed by atoms with Crippen LogP contribution in [-0.2, 0) is 0 Å². The number of carboxylic acid groups (broad SMARTS) is 1. The first-order valence-corrected chi connectivity index (χ1v) is 6.96. The molecule has 8 heteroatoms. The van der Waals surface area contributed by atoms with Crippen molar-refractivity contribution in [3.8, 4) is 0 Å². The Labute approximate surface area is 103 Å². The van der Waals surface area contributed by atoms with Crippen LogP contribution in [0, 0.1) is 0 Å². The van der Waals surface area contributed by atoms with E-state index in [2.05, 4.69) is 0 Å². The van der Waals surface area contributed by atoms with Crippen LogP contribution in [0.3, 0.4) is 0 Å². The number of rotatable bonds is 0. The Bertz CT molecular complexity index is 129. The maximum atomic E-state index is 10.3. The molecule has 1 heterocycles. The first-order valence-electron chi connectivity index (χ1n) is 2.41. The van der Waals surface area contributed by atoms with E-state index in [1.165, 1.54) is 43.5 Å². The fraction of sp³-hybridized carbons (Fsp3) is 0.667. The van der Waals surface area contributed by atoms with E-state index in [-0.39, 0.29) is 29.6 Å². The zero-order chi connectivity index (χ0) is 7.40. The van der Waals surface area contributed by atoms with Crippen LogP contribution in [0.4, 0.5) is 4.79 Å². The molecule has 0 spiro atoms. The number of hydrogen-bond acceptors (Lipinski definition) is 6. The van der Waals surface area contributed by atoms with Crippen LogP contribution in [0.5, 0.6) is 0 Å². The summed E-state index contributed by atoms with van der Waals surface area (Å²) in [5.41, 5.74) is 0. The Kier molecular flexibility index (Phi) is 8.19. The summed E-state index contributed by atoms with van der Waals surface area (Å²) >= 11 is 0. The molecule has 1 aliphatic heterocycles. The largest absolute Gasteiger partial charge is 1.00 e. The van der Waals surface area contributed by atoms with Crippen LogP contribution in [0.2, 0.25) is 0 Å². The predicted molar refractivity (Wildman–Crippen MR) is 47.3 cm³/mol. The van der Waals surface area contributed by atoms with Gasteiger partial charge in [-0.1, -0.05) is 21.6 Å². The van der Waals surface area contributed by atoms with Gasteiger partial charge in [0.15, 0.2) is 6.09 Å². The second-order valence-corrected chi connectivity index (χ2v) is 6.17. The topological polar surface area (TPSA) is 43.4 Å². The van der Waals surface area contributed by atoms with Crippen molar-refractivity contribution in [1.29, 1.82) is 0 Å². The third-order valence-electron chi connectivity index (χ3n) is 0.640. The Hall–Kier alpha value is 1.67. The van der Waals surface area contributed by atoms with Crippen LogP contribution in [-0.4, -0.2) is 21.3 Å². The van der Waals surface area contributed by atoms with Crippen molar-refractivity contribution in [2.45, 2.75) is 0 Å². The van der Waals surface area contributed by atoms with Crippen molar-refractivity contribution in [3.05, 3.63) is 0 Å². The number of carbonyl (C=O) groups excluding carboxylic acids is 1. The van der Waals surface area contributed by atoms with E-state index in [1.807, 2.05) is 0 Å². The molecular weight excluding hydrogens is 233 g/mol.